The number of thioether (sulfide) groups is 1. The maximum atomic E-state index is 5.58. The Balaban J connectivity index is 1.82. The molecule has 0 amide bonds. The molecule has 1 fully saturated rings. The van der Waals surface area contributed by atoms with Gasteiger partial charge in [0.25, 0.3) is 5.22 Å². The molecular weight excluding hydrogens is 196 g/mol. The third kappa shape index (κ3) is 2.30. The summed E-state index contributed by atoms with van der Waals surface area (Å²) in [7, 11) is 0. The van der Waals surface area contributed by atoms with Gasteiger partial charge in [0.1, 0.15) is 6.26 Å². The summed E-state index contributed by atoms with van der Waals surface area (Å²) in [5.41, 5.74) is 7.04. The van der Waals surface area contributed by atoms with E-state index in [1.807, 2.05) is 6.92 Å². The average molecular weight is 212 g/mol. The standard InChI is InChI=1S/C10H16N2OS/c1-8-6-13-9(12-8)14-7-10(2-3-10)4-5-11/h6H,2-5,7,11H2,1H3. The van der Waals surface area contributed by atoms with Crippen molar-refractivity contribution in [2.75, 3.05) is 12.3 Å². The van der Waals surface area contributed by atoms with Gasteiger partial charge in [-0.25, -0.2) is 4.98 Å². The molecule has 0 radical (unpaired) electrons. The second kappa shape index (κ2) is 3.95. The molecule has 78 valence electrons. The predicted molar refractivity (Wildman–Crippen MR) is 57.3 cm³/mol. The Morgan fingerprint density at radius 1 is 1.64 bits per heavy atom. The van der Waals surface area contributed by atoms with Gasteiger partial charge in [-0.1, -0.05) is 11.8 Å². The number of aryl methyl sites for hydroxylation is 1. The Morgan fingerprint density at radius 3 is 2.93 bits per heavy atom. The van der Waals surface area contributed by atoms with Crippen molar-refractivity contribution in [3.8, 4) is 0 Å². The minimum atomic E-state index is 0.502. The van der Waals surface area contributed by atoms with Crippen LogP contribution in [0.4, 0.5) is 0 Å². The minimum Gasteiger partial charge on any atom is -0.440 e. The first kappa shape index (κ1) is 10.1. The minimum absolute atomic E-state index is 0.502. The average Bonchev–Trinajstić information content (AvgIpc) is 2.80. The SMILES string of the molecule is Cc1coc(SCC2(CCN)CC2)n1. The quantitative estimate of drug-likeness (QED) is 0.760. The largest absolute Gasteiger partial charge is 0.440 e. The van der Waals surface area contributed by atoms with Crippen LogP contribution in [0.5, 0.6) is 0 Å². The molecule has 4 heteroatoms. The van der Waals surface area contributed by atoms with Crippen molar-refractivity contribution in [2.24, 2.45) is 11.1 Å². The van der Waals surface area contributed by atoms with Crippen LogP contribution in [0.2, 0.25) is 0 Å². The monoisotopic (exact) mass is 212 g/mol. The molecule has 1 aromatic heterocycles. The number of nitrogens with two attached hydrogens (primary N) is 1. The highest BCUT2D eigenvalue weighted by Crippen LogP contribution is 2.51. The van der Waals surface area contributed by atoms with E-state index < -0.39 is 0 Å². The van der Waals surface area contributed by atoms with Gasteiger partial charge in [-0.2, -0.15) is 0 Å². The molecule has 3 nitrogen and oxygen atoms in total. The highest BCUT2D eigenvalue weighted by Gasteiger charge is 2.41. The Bertz CT molecular complexity index is 307. The smallest absolute Gasteiger partial charge is 0.255 e. The summed E-state index contributed by atoms with van der Waals surface area (Å²) in [5.74, 6) is 1.10. The van der Waals surface area contributed by atoms with Crippen LogP contribution in [0.3, 0.4) is 0 Å². The van der Waals surface area contributed by atoms with Gasteiger partial charge in [0.05, 0.1) is 5.69 Å². The maximum absolute atomic E-state index is 5.58. The van der Waals surface area contributed by atoms with Crippen molar-refractivity contribution in [1.29, 1.82) is 0 Å². The Hall–Kier alpha value is -0.480. The summed E-state index contributed by atoms with van der Waals surface area (Å²) in [5, 5.41) is 0.797. The normalized spacial score (nSPS) is 18.4. The summed E-state index contributed by atoms with van der Waals surface area (Å²) >= 11 is 1.72. The lowest BCUT2D eigenvalue weighted by Crippen LogP contribution is -2.11. The van der Waals surface area contributed by atoms with E-state index in [1.165, 1.54) is 12.8 Å². The van der Waals surface area contributed by atoms with Gasteiger partial charge in [-0.15, -0.1) is 0 Å². The van der Waals surface area contributed by atoms with E-state index in [4.69, 9.17) is 10.2 Å². The second-order valence-corrected chi connectivity index (χ2v) is 5.01. The van der Waals surface area contributed by atoms with Crippen LogP contribution in [0.25, 0.3) is 0 Å². The molecule has 1 heterocycles. The van der Waals surface area contributed by atoms with E-state index in [0.717, 1.165) is 29.6 Å². The van der Waals surface area contributed by atoms with Crippen LogP contribution in [0.1, 0.15) is 25.0 Å². The van der Waals surface area contributed by atoms with Gasteiger partial charge < -0.3 is 10.2 Å². The van der Waals surface area contributed by atoms with Gasteiger partial charge in [0.2, 0.25) is 0 Å². The number of nitrogens with zero attached hydrogens (tertiary/aromatic N) is 1. The fraction of sp³-hybridized carbons (Fsp3) is 0.700. The van der Waals surface area contributed by atoms with Crippen molar-refractivity contribution < 1.29 is 4.42 Å². The van der Waals surface area contributed by atoms with E-state index in [2.05, 4.69) is 4.98 Å². The van der Waals surface area contributed by atoms with Crippen LogP contribution < -0.4 is 5.73 Å². The van der Waals surface area contributed by atoms with Crippen LogP contribution in [0.15, 0.2) is 15.9 Å². The predicted octanol–water partition coefficient (Wildman–Crippen LogP) is 2.20. The molecule has 0 unspecified atom stereocenters. The molecule has 1 aliphatic carbocycles. The van der Waals surface area contributed by atoms with Crippen molar-refractivity contribution >= 4 is 11.8 Å². The van der Waals surface area contributed by atoms with Crippen molar-refractivity contribution in [3.63, 3.8) is 0 Å². The van der Waals surface area contributed by atoms with E-state index in [-0.39, 0.29) is 0 Å². The van der Waals surface area contributed by atoms with Crippen molar-refractivity contribution in [1.82, 2.24) is 4.98 Å². The van der Waals surface area contributed by atoms with Crippen LogP contribution in [-0.4, -0.2) is 17.3 Å². The molecule has 0 bridgehead atoms. The molecule has 14 heavy (non-hydrogen) atoms. The Kier molecular flexibility index (Phi) is 2.83. The van der Waals surface area contributed by atoms with Crippen LogP contribution >= 0.6 is 11.8 Å². The first-order valence-corrected chi connectivity index (χ1v) is 5.98. The maximum Gasteiger partial charge on any atom is 0.255 e. The summed E-state index contributed by atoms with van der Waals surface area (Å²) in [6.07, 6.45) is 5.47. The molecule has 0 spiro atoms. The Labute approximate surface area is 88.5 Å². The molecule has 0 atom stereocenters. The topological polar surface area (TPSA) is 52.0 Å². The van der Waals surface area contributed by atoms with Crippen molar-refractivity contribution in [2.45, 2.75) is 31.4 Å². The molecular formula is C10H16N2OS. The van der Waals surface area contributed by atoms with Gasteiger partial charge >= 0.3 is 0 Å². The van der Waals surface area contributed by atoms with Gasteiger partial charge in [-0.05, 0) is 38.1 Å². The summed E-state index contributed by atoms with van der Waals surface area (Å²) in [4.78, 5) is 4.27. The van der Waals surface area contributed by atoms with Gasteiger partial charge in [0.15, 0.2) is 0 Å². The first-order chi connectivity index (χ1) is 6.74. The molecule has 2 N–H and O–H groups in total. The summed E-state index contributed by atoms with van der Waals surface area (Å²) in [6.45, 7) is 2.74. The zero-order valence-electron chi connectivity index (χ0n) is 8.45. The van der Waals surface area contributed by atoms with Gasteiger partial charge in [0, 0.05) is 5.75 Å². The summed E-state index contributed by atoms with van der Waals surface area (Å²) in [6, 6.07) is 0. The fourth-order valence-corrected chi connectivity index (χ4v) is 2.75. The second-order valence-electron chi connectivity index (χ2n) is 4.08. The number of hydrogen-bond acceptors (Lipinski definition) is 4. The number of hydrogen-bond donors (Lipinski definition) is 1. The lowest BCUT2D eigenvalue weighted by atomic mass is 10.1. The molecule has 1 saturated carbocycles. The van der Waals surface area contributed by atoms with E-state index >= 15 is 0 Å². The van der Waals surface area contributed by atoms with E-state index in [0.29, 0.717) is 5.41 Å². The summed E-state index contributed by atoms with van der Waals surface area (Å²) < 4.78 is 5.29. The van der Waals surface area contributed by atoms with Crippen molar-refractivity contribution in [3.05, 3.63) is 12.0 Å². The lowest BCUT2D eigenvalue weighted by Gasteiger charge is -2.10. The first-order valence-electron chi connectivity index (χ1n) is 4.99. The molecule has 0 aromatic carbocycles. The van der Waals surface area contributed by atoms with E-state index in [1.54, 1.807) is 18.0 Å². The van der Waals surface area contributed by atoms with Gasteiger partial charge in [-0.3, -0.25) is 0 Å². The molecule has 1 aromatic rings. The highest BCUT2D eigenvalue weighted by molar-refractivity contribution is 7.99. The molecule has 0 aliphatic heterocycles. The van der Waals surface area contributed by atoms with Crippen LogP contribution in [0, 0.1) is 12.3 Å². The molecule has 2 rings (SSSR count). The third-order valence-electron chi connectivity index (χ3n) is 2.73. The molecule has 0 saturated heterocycles. The highest BCUT2D eigenvalue weighted by atomic mass is 32.2. The zero-order valence-corrected chi connectivity index (χ0v) is 9.27. The zero-order chi connectivity index (χ0) is 10.0. The third-order valence-corrected chi connectivity index (χ3v) is 3.92. The van der Waals surface area contributed by atoms with Crippen LogP contribution in [-0.2, 0) is 0 Å². The Morgan fingerprint density at radius 2 is 2.43 bits per heavy atom. The molecule has 1 aliphatic rings. The fourth-order valence-electron chi connectivity index (χ4n) is 1.56. The van der Waals surface area contributed by atoms with E-state index in [9.17, 15) is 0 Å². The number of aromatic nitrogens is 1. The number of rotatable bonds is 5. The number of oxazole rings is 1. The lowest BCUT2D eigenvalue weighted by molar-refractivity contribution is 0.451.